The second-order valence-corrected chi connectivity index (χ2v) is 6.06. The molecule has 1 heterocycles. The summed E-state index contributed by atoms with van der Waals surface area (Å²) in [6, 6.07) is 4.07. The first kappa shape index (κ1) is 18.5. The van der Waals surface area contributed by atoms with Crippen LogP contribution in [0.25, 0.3) is 4.85 Å². The summed E-state index contributed by atoms with van der Waals surface area (Å²) in [5, 5.41) is 3.06. The van der Waals surface area contributed by atoms with Crippen LogP contribution in [0.2, 0.25) is 0 Å². The molecule has 0 saturated heterocycles. The number of hydrogen-bond acceptors (Lipinski definition) is 4. The van der Waals surface area contributed by atoms with E-state index in [2.05, 4.69) is 10.2 Å². The minimum Gasteiger partial charge on any atom is -0.496 e. The van der Waals surface area contributed by atoms with Gasteiger partial charge in [-0.05, 0) is 39.3 Å². The number of dihydropyridines is 1. The number of carbonyl (C=O) groups excluding carboxylic acids is 1. The fourth-order valence-electron chi connectivity index (χ4n) is 2.91. The van der Waals surface area contributed by atoms with Gasteiger partial charge >= 0.3 is 5.97 Å². The summed E-state index contributed by atoms with van der Waals surface area (Å²) in [6.07, 6.45) is -0.299. The number of nitrogens with one attached hydrogen (secondary N) is 1. The number of nitrogens with zero attached hydrogens (tertiary/aromatic N) is 1. The molecule has 1 atom stereocenters. The molecule has 0 amide bonds. The zero-order valence-corrected chi connectivity index (χ0v) is 14.9. The van der Waals surface area contributed by atoms with Gasteiger partial charge < -0.3 is 14.8 Å². The van der Waals surface area contributed by atoms with Crippen molar-refractivity contribution in [2.45, 2.75) is 39.7 Å². The van der Waals surface area contributed by atoms with Crippen LogP contribution in [0.15, 0.2) is 40.9 Å². The van der Waals surface area contributed by atoms with E-state index in [9.17, 15) is 9.18 Å². The molecule has 0 bridgehead atoms. The Bertz CT molecular complexity index is 803. The fraction of sp³-hybridized carbons (Fsp3) is 0.368. The average molecular weight is 344 g/mol. The van der Waals surface area contributed by atoms with Crippen molar-refractivity contribution >= 4 is 5.97 Å². The van der Waals surface area contributed by atoms with Crippen molar-refractivity contribution < 1.29 is 18.7 Å². The van der Waals surface area contributed by atoms with Crippen molar-refractivity contribution in [3.05, 3.63) is 63.7 Å². The molecule has 25 heavy (non-hydrogen) atoms. The highest BCUT2D eigenvalue weighted by atomic mass is 19.1. The highest BCUT2D eigenvalue weighted by molar-refractivity contribution is 5.93. The molecular weight excluding hydrogens is 323 g/mol. The van der Waals surface area contributed by atoms with Crippen LogP contribution in [0, 0.1) is 12.4 Å². The molecule has 1 aromatic carbocycles. The van der Waals surface area contributed by atoms with Crippen LogP contribution in [-0.4, -0.2) is 19.2 Å². The van der Waals surface area contributed by atoms with Crippen molar-refractivity contribution in [1.82, 2.24) is 5.32 Å². The maximum absolute atomic E-state index is 13.6. The van der Waals surface area contributed by atoms with E-state index < -0.39 is 17.7 Å². The number of halogens is 1. The van der Waals surface area contributed by atoms with E-state index in [4.69, 9.17) is 16.0 Å². The number of carbonyl (C=O) groups is 1. The van der Waals surface area contributed by atoms with E-state index in [1.807, 2.05) is 0 Å². The molecule has 132 valence electrons. The van der Waals surface area contributed by atoms with Crippen LogP contribution >= 0.6 is 0 Å². The van der Waals surface area contributed by atoms with Crippen molar-refractivity contribution in [3.63, 3.8) is 0 Å². The van der Waals surface area contributed by atoms with Gasteiger partial charge in [0.05, 0.1) is 31.3 Å². The lowest BCUT2D eigenvalue weighted by molar-refractivity contribution is -0.143. The van der Waals surface area contributed by atoms with E-state index in [0.717, 1.165) is 0 Å². The Kier molecular flexibility index (Phi) is 5.48. The molecule has 0 aromatic heterocycles. The average Bonchev–Trinajstić information content (AvgIpc) is 2.53. The number of allylic oxidation sites excluding steroid dienone is 3. The van der Waals surface area contributed by atoms with Gasteiger partial charge in [0, 0.05) is 17.5 Å². The van der Waals surface area contributed by atoms with Crippen molar-refractivity contribution in [2.75, 3.05) is 7.11 Å². The van der Waals surface area contributed by atoms with Gasteiger partial charge in [0.15, 0.2) is 5.70 Å². The van der Waals surface area contributed by atoms with Crippen LogP contribution in [0.3, 0.4) is 0 Å². The lowest BCUT2D eigenvalue weighted by Gasteiger charge is -2.29. The monoisotopic (exact) mass is 344 g/mol. The fourth-order valence-corrected chi connectivity index (χ4v) is 2.91. The summed E-state index contributed by atoms with van der Waals surface area (Å²) < 4.78 is 24.2. The predicted octanol–water partition coefficient (Wildman–Crippen LogP) is 3.90. The number of hydrogen-bond donors (Lipinski definition) is 1. The molecule has 0 spiro atoms. The molecule has 1 N–H and O–H groups in total. The lowest BCUT2D eigenvalue weighted by Crippen LogP contribution is -2.29. The second-order valence-electron chi connectivity index (χ2n) is 6.06. The van der Waals surface area contributed by atoms with Crippen LogP contribution in [0.4, 0.5) is 4.39 Å². The molecule has 1 aliphatic rings. The summed E-state index contributed by atoms with van der Waals surface area (Å²) in [5.74, 6) is -1.36. The Balaban J connectivity index is 2.68. The topological polar surface area (TPSA) is 51.9 Å². The van der Waals surface area contributed by atoms with E-state index in [1.54, 1.807) is 33.8 Å². The van der Waals surface area contributed by atoms with Gasteiger partial charge in [-0.2, -0.15) is 0 Å². The molecule has 1 unspecified atom stereocenters. The number of methoxy groups -OCH3 is 1. The zero-order chi connectivity index (χ0) is 18.7. The third-order valence-corrected chi connectivity index (χ3v) is 3.91. The highest BCUT2D eigenvalue weighted by Gasteiger charge is 2.36. The normalized spacial score (nSPS) is 17.3. The van der Waals surface area contributed by atoms with Crippen molar-refractivity contribution in [1.29, 1.82) is 0 Å². The largest absolute Gasteiger partial charge is 0.496 e. The quantitative estimate of drug-likeness (QED) is 0.665. The van der Waals surface area contributed by atoms with Gasteiger partial charge in [-0.1, -0.05) is 6.07 Å². The Morgan fingerprint density at radius 2 is 2.00 bits per heavy atom. The molecule has 2 rings (SSSR count). The Morgan fingerprint density at radius 1 is 1.32 bits per heavy atom. The van der Waals surface area contributed by atoms with Gasteiger partial charge in [0.2, 0.25) is 0 Å². The van der Waals surface area contributed by atoms with Crippen LogP contribution < -0.4 is 10.1 Å². The third kappa shape index (κ3) is 3.66. The van der Waals surface area contributed by atoms with Gasteiger partial charge in [-0.15, -0.1) is 0 Å². The third-order valence-electron chi connectivity index (χ3n) is 3.91. The molecule has 1 aliphatic heterocycles. The number of benzene rings is 1. The zero-order valence-electron chi connectivity index (χ0n) is 14.9. The molecule has 1 aromatic rings. The lowest BCUT2D eigenvalue weighted by atomic mass is 9.83. The van der Waals surface area contributed by atoms with Crippen LogP contribution in [-0.2, 0) is 9.53 Å². The molecule has 0 aliphatic carbocycles. The maximum Gasteiger partial charge on any atom is 0.335 e. The Morgan fingerprint density at radius 3 is 2.56 bits per heavy atom. The maximum atomic E-state index is 13.6. The standard InChI is InChI=1S/C19H21FN2O3/c1-10(2)25-19(23)16-11(3)22-12(4)18(21-5)17(16)14-8-7-13(20)9-15(14)24-6/h7-10,17,22H,1-4,6H3. The molecule has 0 fully saturated rings. The van der Waals surface area contributed by atoms with E-state index in [1.165, 1.54) is 19.2 Å². The summed E-state index contributed by atoms with van der Waals surface area (Å²) in [7, 11) is 1.43. The van der Waals surface area contributed by atoms with Gasteiger partial charge in [0.1, 0.15) is 11.6 Å². The van der Waals surface area contributed by atoms with E-state index in [-0.39, 0.29) is 11.9 Å². The Hall–Kier alpha value is -2.81. The minimum absolute atomic E-state index is 0.281. The first-order valence-electron chi connectivity index (χ1n) is 7.90. The van der Waals surface area contributed by atoms with Gasteiger partial charge in [0.25, 0.3) is 0 Å². The van der Waals surface area contributed by atoms with Crippen LogP contribution in [0.1, 0.15) is 39.2 Å². The first-order chi connectivity index (χ1) is 11.8. The number of rotatable bonds is 4. The van der Waals surface area contributed by atoms with E-state index in [0.29, 0.717) is 28.2 Å². The number of ether oxygens (including phenoxy) is 2. The van der Waals surface area contributed by atoms with E-state index >= 15 is 0 Å². The molecule has 0 saturated carbocycles. The summed E-state index contributed by atoms with van der Waals surface area (Å²) >= 11 is 0. The molecule has 0 radical (unpaired) electrons. The van der Waals surface area contributed by atoms with Gasteiger partial charge in [-0.3, -0.25) is 0 Å². The van der Waals surface area contributed by atoms with Crippen molar-refractivity contribution in [2.24, 2.45) is 0 Å². The molecular formula is C19H21FN2O3. The number of esters is 1. The SMILES string of the molecule is [C-]#[N+]C1=C(C)NC(C)=C(C(=O)OC(C)C)C1c1ccc(F)cc1OC. The summed E-state index contributed by atoms with van der Waals surface area (Å²) in [4.78, 5) is 16.3. The predicted molar refractivity (Wildman–Crippen MR) is 92.1 cm³/mol. The molecule has 6 heteroatoms. The second kappa shape index (κ2) is 7.39. The smallest absolute Gasteiger partial charge is 0.335 e. The van der Waals surface area contributed by atoms with Crippen LogP contribution in [0.5, 0.6) is 5.75 Å². The first-order valence-corrected chi connectivity index (χ1v) is 7.90. The van der Waals surface area contributed by atoms with Gasteiger partial charge in [-0.25, -0.2) is 14.0 Å². The minimum atomic E-state index is -0.680. The molecule has 5 nitrogen and oxygen atoms in total. The summed E-state index contributed by atoms with van der Waals surface area (Å²) in [5.41, 5.74) is 2.48. The van der Waals surface area contributed by atoms with Crippen molar-refractivity contribution in [3.8, 4) is 5.75 Å². The summed E-state index contributed by atoms with van der Waals surface area (Å²) in [6.45, 7) is 14.6. The Labute approximate surface area is 146 Å². The highest BCUT2D eigenvalue weighted by Crippen LogP contribution is 2.43.